The molecule has 0 aliphatic carbocycles. The van der Waals surface area contributed by atoms with E-state index in [9.17, 15) is 4.79 Å². The van der Waals surface area contributed by atoms with Gasteiger partial charge in [0.2, 0.25) is 0 Å². The number of carboxylic acid groups (broad SMARTS) is 1. The van der Waals surface area contributed by atoms with Gasteiger partial charge in [0.25, 0.3) is 0 Å². The zero-order valence-electron chi connectivity index (χ0n) is 5.86. The molecule has 0 aliphatic rings. The van der Waals surface area contributed by atoms with E-state index in [2.05, 4.69) is 9.78 Å². The molecule has 1 N–H and O–H groups in total. The Morgan fingerprint density at radius 1 is 1.21 bits per heavy atom. The van der Waals surface area contributed by atoms with E-state index in [1.165, 1.54) is 12.1 Å². The molecule has 1 aromatic rings. The van der Waals surface area contributed by atoms with Crippen molar-refractivity contribution in [1.29, 1.82) is 0 Å². The van der Waals surface area contributed by atoms with E-state index < -0.39 is 6.16 Å². The summed E-state index contributed by atoms with van der Waals surface area (Å²) in [4.78, 5) is 18.1. The van der Waals surface area contributed by atoms with Crippen molar-refractivity contribution >= 4 is 76.9 Å². The monoisotopic (exact) mass is 236 g/mol. The number of halogens is 1. The number of hydrogen-bond donors (Lipinski definition) is 1. The van der Waals surface area contributed by atoms with Gasteiger partial charge in [-0.15, -0.1) is 0 Å². The third kappa shape index (κ3) is 6.95. The fourth-order valence-corrected chi connectivity index (χ4v) is 0.700. The molecular formula is C7H7ClNa2O4. The SMILES string of the molecule is O=C(O)OOc1ccc(Cl)cc1.[NaH].[NaH]. The van der Waals surface area contributed by atoms with Crippen LogP contribution in [0, 0.1) is 0 Å². The number of hydrogen-bond acceptors (Lipinski definition) is 3. The Morgan fingerprint density at radius 3 is 2.14 bits per heavy atom. The summed E-state index contributed by atoms with van der Waals surface area (Å²) in [5.41, 5.74) is 0. The maximum atomic E-state index is 9.87. The molecule has 0 spiro atoms. The zero-order valence-corrected chi connectivity index (χ0v) is 6.62. The summed E-state index contributed by atoms with van der Waals surface area (Å²) in [5, 5.41) is 8.60. The number of carbonyl (C=O) groups is 1. The van der Waals surface area contributed by atoms with Crippen LogP contribution < -0.4 is 4.89 Å². The van der Waals surface area contributed by atoms with Crippen molar-refractivity contribution in [3.63, 3.8) is 0 Å². The summed E-state index contributed by atoms with van der Waals surface area (Å²) in [6, 6.07) is 6.10. The molecule has 0 aliphatic heterocycles. The van der Waals surface area contributed by atoms with E-state index in [0.29, 0.717) is 5.02 Å². The van der Waals surface area contributed by atoms with Gasteiger partial charge in [-0.25, -0.2) is 9.68 Å². The summed E-state index contributed by atoms with van der Waals surface area (Å²) < 4.78 is 0. The van der Waals surface area contributed by atoms with Gasteiger partial charge >= 0.3 is 65.3 Å². The predicted molar refractivity (Wildman–Crippen MR) is 55.5 cm³/mol. The van der Waals surface area contributed by atoms with E-state index >= 15 is 0 Å². The molecule has 0 aromatic heterocycles. The molecule has 0 saturated carbocycles. The molecule has 7 heteroatoms. The molecule has 0 unspecified atom stereocenters. The van der Waals surface area contributed by atoms with Crippen molar-refractivity contribution < 1.29 is 19.7 Å². The van der Waals surface area contributed by atoms with Crippen LogP contribution >= 0.6 is 11.6 Å². The first-order valence-electron chi connectivity index (χ1n) is 3.01. The van der Waals surface area contributed by atoms with Crippen LogP contribution in [-0.4, -0.2) is 70.4 Å². The van der Waals surface area contributed by atoms with Gasteiger partial charge in [0.05, 0.1) is 0 Å². The minimum atomic E-state index is -1.50. The van der Waals surface area contributed by atoms with Crippen LogP contribution in [0.2, 0.25) is 5.02 Å². The summed E-state index contributed by atoms with van der Waals surface area (Å²) in [6.45, 7) is 0. The molecule has 1 rings (SSSR count). The van der Waals surface area contributed by atoms with Crippen LogP contribution in [0.5, 0.6) is 5.75 Å². The van der Waals surface area contributed by atoms with Gasteiger partial charge in [0, 0.05) is 5.02 Å². The Morgan fingerprint density at radius 2 is 1.71 bits per heavy atom. The van der Waals surface area contributed by atoms with Gasteiger partial charge in [-0.05, 0) is 24.3 Å². The Bertz CT molecular complexity index is 278. The minimum absolute atomic E-state index is 0. The second kappa shape index (κ2) is 8.85. The first-order valence-corrected chi connectivity index (χ1v) is 3.39. The molecule has 4 nitrogen and oxygen atoms in total. The molecule has 0 heterocycles. The normalized spacial score (nSPS) is 7.79. The summed E-state index contributed by atoms with van der Waals surface area (Å²) >= 11 is 5.56. The molecule has 1 aromatic carbocycles. The predicted octanol–water partition coefficient (Wildman–Crippen LogP) is 1.03. The number of benzene rings is 1. The van der Waals surface area contributed by atoms with Gasteiger partial charge in [-0.1, -0.05) is 11.6 Å². The quantitative estimate of drug-likeness (QED) is 0.473. The van der Waals surface area contributed by atoms with Gasteiger partial charge < -0.3 is 5.11 Å². The third-order valence-electron chi connectivity index (χ3n) is 1.02. The van der Waals surface area contributed by atoms with Gasteiger partial charge in [0.15, 0.2) is 5.75 Å². The molecule has 0 radical (unpaired) electrons. The molecule has 0 atom stereocenters. The van der Waals surface area contributed by atoms with Gasteiger partial charge in [-0.3, -0.25) is 4.89 Å². The molecule has 0 saturated heterocycles. The first kappa shape index (κ1) is 17.0. The van der Waals surface area contributed by atoms with E-state index in [0.717, 1.165) is 0 Å². The Kier molecular flexibility index (Phi) is 10.7. The Labute approximate surface area is 130 Å². The van der Waals surface area contributed by atoms with Gasteiger partial charge in [0.1, 0.15) is 0 Å². The maximum absolute atomic E-state index is 9.87. The second-order valence-electron chi connectivity index (χ2n) is 1.89. The summed E-state index contributed by atoms with van der Waals surface area (Å²) in [5.74, 6) is 0.279. The van der Waals surface area contributed by atoms with E-state index in [1.54, 1.807) is 12.1 Å². The average molecular weight is 237 g/mol. The Hall–Kier alpha value is 0.580. The van der Waals surface area contributed by atoms with Crippen molar-refractivity contribution in [3.8, 4) is 5.75 Å². The van der Waals surface area contributed by atoms with E-state index in [4.69, 9.17) is 16.7 Å². The van der Waals surface area contributed by atoms with Crippen molar-refractivity contribution in [3.05, 3.63) is 29.3 Å². The summed E-state index contributed by atoms with van der Waals surface area (Å²) in [7, 11) is 0. The van der Waals surface area contributed by atoms with E-state index in [-0.39, 0.29) is 64.9 Å². The molecule has 0 amide bonds. The fourth-order valence-electron chi connectivity index (χ4n) is 0.574. The zero-order chi connectivity index (χ0) is 8.97. The molecular weight excluding hydrogens is 230 g/mol. The Balaban J connectivity index is 0. The number of rotatable bonds is 2. The average Bonchev–Trinajstić information content (AvgIpc) is 2.03. The third-order valence-corrected chi connectivity index (χ3v) is 1.27. The van der Waals surface area contributed by atoms with Crippen molar-refractivity contribution in [1.82, 2.24) is 0 Å². The van der Waals surface area contributed by atoms with Crippen LogP contribution in [0.4, 0.5) is 4.79 Å². The fraction of sp³-hybridized carbons (Fsp3) is 0. The first-order chi connectivity index (χ1) is 5.68. The van der Waals surface area contributed by atoms with Crippen LogP contribution in [0.1, 0.15) is 0 Å². The molecule has 0 bridgehead atoms. The van der Waals surface area contributed by atoms with Crippen LogP contribution in [-0.2, 0) is 4.89 Å². The topological polar surface area (TPSA) is 55.8 Å². The summed E-state index contributed by atoms with van der Waals surface area (Å²) in [6.07, 6.45) is -1.50. The van der Waals surface area contributed by atoms with Crippen molar-refractivity contribution in [2.24, 2.45) is 0 Å². The van der Waals surface area contributed by atoms with Gasteiger partial charge in [-0.2, -0.15) is 0 Å². The van der Waals surface area contributed by atoms with Crippen molar-refractivity contribution in [2.75, 3.05) is 0 Å². The second-order valence-corrected chi connectivity index (χ2v) is 2.32. The van der Waals surface area contributed by atoms with Crippen molar-refractivity contribution in [2.45, 2.75) is 0 Å². The molecule has 0 fully saturated rings. The van der Waals surface area contributed by atoms with Crippen LogP contribution in [0.3, 0.4) is 0 Å². The molecule has 14 heavy (non-hydrogen) atoms. The van der Waals surface area contributed by atoms with Crippen LogP contribution in [0.25, 0.3) is 0 Å². The standard InChI is InChI=1S/C7H5ClO4.2Na.2H/c8-5-1-3-6(4-2-5)11-12-7(9)10;;;;/h1-4H,(H,9,10);;;;. The van der Waals surface area contributed by atoms with Crippen LogP contribution in [0.15, 0.2) is 24.3 Å². The molecule has 68 valence electrons. The van der Waals surface area contributed by atoms with E-state index in [1.807, 2.05) is 0 Å².